The number of benzene rings is 1. The van der Waals surface area contributed by atoms with Crippen LogP contribution < -0.4 is 4.72 Å². The number of halogens is 1. The minimum absolute atomic E-state index is 0.00818. The van der Waals surface area contributed by atoms with Gasteiger partial charge in [0.05, 0.1) is 15.5 Å². The maximum absolute atomic E-state index is 11.9. The fourth-order valence-corrected chi connectivity index (χ4v) is 3.07. The first-order valence-corrected chi connectivity index (χ1v) is 8.65. The van der Waals surface area contributed by atoms with Crippen LogP contribution in [0.1, 0.15) is 16.8 Å². The van der Waals surface area contributed by atoms with Gasteiger partial charge in [-0.3, -0.25) is 0 Å². The molecule has 1 aromatic carbocycles. The van der Waals surface area contributed by atoms with Gasteiger partial charge in [-0.25, -0.2) is 17.9 Å². The first-order valence-electron chi connectivity index (χ1n) is 5.40. The molecule has 0 saturated heterocycles. The summed E-state index contributed by atoms with van der Waals surface area (Å²) in [6.45, 7) is 0.314. The van der Waals surface area contributed by atoms with Crippen LogP contribution in [0.4, 0.5) is 0 Å². The molecule has 0 amide bonds. The number of carboxylic acid groups (broad SMARTS) is 1. The Kier molecular flexibility index (Phi) is 6.12. The molecular weight excluding hydrogens is 310 g/mol. The summed E-state index contributed by atoms with van der Waals surface area (Å²) in [6, 6.07) is 3.61. The van der Waals surface area contributed by atoms with Crippen molar-refractivity contribution < 1.29 is 18.3 Å². The van der Waals surface area contributed by atoms with E-state index >= 15 is 0 Å². The molecule has 5 nitrogen and oxygen atoms in total. The van der Waals surface area contributed by atoms with Crippen LogP contribution in [0.3, 0.4) is 0 Å². The Morgan fingerprint density at radius 2 is 2.16 bits per heavy atom. The topological polar surface area (TPSA) is 83.5 Å². The van der Waals surface area contributed by atoms with Crippen molar-refractivity contribution in [3.8, 4) is 0 Å². The monoisotopic (exact) mass is 323 g/mol. The molecule has 0 atom stereocenters. The van der Waals surface area contributed by atoms with E-state index in [9.17, 15) is 13.2 Å². The van der Waals surface area contributed by atoms with Gasteiger partial charge in [-0.05, 0) is 36.6 Å². The highest BCUT2D eigenvalue weighted by atomic mass is 35.5. The fraction of sp³-hybridized carbons (Fsp3) is 0.364. The number of thioether (sulfide) groups is 1. The van der Waals surface area contributed by atoms with Gasteiger partial charge < -0.3 is 5.11 Å². The second-order valence-corrected chi connectivity index (χ2v) is 6.85. The average Bonchev–Trinajstić information content (AvgIpc) is 2.34. The van der Waals surface area contributed by atoms with Crippen LogP contribution in [0.5, 0.6) is 0 Å². The average molecular weight is 324 g/mol. The van der Waals surface area contributed by atoms with E-state index in [1.807, 2.05) is 6.26 Å². The Morgan fingerprint density at radius 1 is 1.47 bits per heavy atom. The quantitative estimate of drug-likeness (QED) is 0.750. The lowest BCUT2D eigenvalue weighted by molar-refractivity contribution is 0.0697. The molecule has 19 heavy (non-hydrogen) atoms. The second kappa shape index (κ2) is 7.14. The van der Waals surface area contributed by atoms with E-state index in [1.165, 1.54) is 12.1 Å². The molecule has 0 radical (unpaired) electrons. The van der Waals surface area contributed by atoms with Crippen LogP contribution in [0.25, 0.3) is 0 Å². The molecule has 0 unspecified atom stereocenters. The maximum atomic E-state index is 11.9. The van der Waals surface area contributed by atoms with Crippen molar-refractivity contribution in [1.29, 1.82) is 0 Å². The van der Waals surface area contributed by atoms with E-state index in [-0.39, 0.29) is 15.5 Å². The number of aromatic carboxylic acids is 1. The van der Waals surface area contributed by atoms with Crippen LogP contribution in [-0.4, -0.2) is 38.0 Å². The number of carbonyl (C=O) groups is 1. The highest BCUT2D eigenvalue weighted by Gasteiger charge is 2.17. The lowest BCUT2D eigenvalue weighted by Gasteiger charge is -2.07. The third kappa shape index (κ3) is 4.68. The summed E-state index contributed by atoms with van der Waals surface area (Å²) in [5.41, 5.74) is -0.228. The van der Waals surface area contributed by atoms with Crippen LogP contribution in [0.15, 0.2) is 23.1 Å². The predicted molar refractivity (Wildman–Crippen MR) is 76.6 cm³/mol. The Labute approximate surface area is 121 Å². The summed E-state index contributed by atoms with van der Waals surface area (Å²) in [4.78, 5) is 10.8. The normalized spacial score (nSPS) is 11.5. The van der Waals surface area contributed by atoms with Crippen molar-refractivity contribution in [2.45, 2.75) is 11.3 Å². The van der Waals surface area contributed by atoms with Gasteiger partial charge in [-0.2, -0.15) is 11.8 Å². The van der Waals surface area contributed by atoms with E-state index < -0.39 is 16.0 Å². The third-order valence-electron chi connectivity index (χ3n) is 2.30. The largest absolute Gasteiger partial charge is 0.478 e. The Morgan fingerprint density at radius 3 is 2.74 bits per heavy atom. The summed E-state index contributed by atoms with van der Waals surface area (Å²) < 4.78 is 26.3. The van der Waals surface area contributed by atoms with Crippen molar-refractivity contribution in [2.75, 3.05) is 18.6 Å². The number of sulfonamides is 1. The van der Waals surface area contributed by atoms with Crippen LogP contribution in [0.2, 0.25) is 5.02 Å². The van der Waals surface area contributed by atoms with Crippen molar-refractivity contribution in [3.63, 3.8) is 0 Å². The standard InChI is InChI=1S/C11H14ClNO4S2/c1-18-6-2-5-13-19(16,17)8-3-4-10(12)9(7-8)11(14)15/h3-4,7,13H,2,5-6H2,1H3,(H,14,15). The van der Waals surface area contributed by atoms with E-state index in [2.05, 4.69) is 4.72 Å². The molecule has 0 heterocycles. The smallest absolute Gasteiger partial charge is 0.337 e. The third-order valence-corrected chi connectivity index (χ3v) is 4.78. The van der Waals surface area contributed by atoms with Crippen LogP contribution in [0, 0.1) is 0 Å². The molecule has 0 aliphatic carbocycles. The lowest BCUT2D eigenvalue weighted by Crippen LogP contribution is -2.25. The van der Waals surface area contributed by atoms with Crippen molar-refractivity contribution >= 4 is 39.4 Å². The molecule has 0 saturated carbocycles. The molecule has 0 fully saturated rings. The van der Waals surface area contributed by atoms with E-state index in [0.29, 0.717) is 13.0 Å². The van der Waals surface area contributed by atoms with E-state index in [1.54, 1.807) is 11.8 Å². The summed E-state index contributed by atoms with van der Waals surface area (Å²) in [7, 11) is -3.69. The number of carboxylic acids is 1. The first-order chi connectivity index (χ1) is 8.88. The number of hydrogen-bond donors (Lipinski definition) is 2. The minimum Gasteiger partial charge on any atom is -0.478 e. The van der Waals surface area contributed by atoms with Crippen LogP contribution in [-0.2, 0) is 10.0 Å². The van der Waals surface area contributed by atoms with Crippen molar-refractivity contribution in [1.82, 2.24) is 4.72 Å². The van der Waals surface area contributed by atoms with Gasteiger partial charge in [0, 0.05) is 6.54 Å². The zero-order valence-corrected chi connectivity index (χ0v) is 12.6. The maximum Gasteiger partial charge on any atom is 0.337 e. The molecule has 0 aromatic heterocycles. The highest BCUT2D eigenvalue weighted by molar-refractivity contribution is 7.98. The molecule has 0 bridgehead atoms. The van der Waals surface area contributed by atoms with E-state index in [4.69, 9.17) is 16.7 Å². The van der Waals surface area contributed by atoms with Gasteiger partial charge in [0.2, 0.25) is 10.0 Å². The van der Waals surface area contributed by atoms with Gasteiger partial charge >= 0.3 is 5.97 Å². The highest BCUT2D eigenvalue weighted by Crippen LogP contribution is 2.20. The van der Waals surface area contributed by atoms with Crippen molar-refractivity contribution in [3.05, 3.63) is 28.8 Å². The number of rotatable bonds is 7. The molecule has 2 N–H and O–H groups in total. The summed E-state index contributed by atoms with van der Waals surface area (Å²) in [5, 5.41) is 8.91. The zero-order chi connectivity index (χ0) is 14.5. The predicted octanol–water partition coefficient (Wildman–Crippen LogP) is 2.07. The molecular formula is C11H14ClNO4S2. The number of hydrogen-bond acceptors (Lipinski definition) is 4. The molecule has 0 spiro atoms. The summed E-state index contributed by atoms with van der Waals surface area (Å²) in [6.07, 6.45) is 2.65. The Balaban J connectivity index is 2.89. The molecule has 106 valence electrons. The fourth-order valence-electron chi connectivity index (χ4n) is 1.34. The molecule has 1 aromatic rings. The molecule has 1 rings (SSSR count). The summed E-state index contributed by atoms with van der Waals surface area (Å²) >= 11 is 7.31. The minimum atomic E-state index is -3.69. The lowest BCUT2D eigenvalue weighted by atomic mass is 10.2. The van der Waals surface area contributed by atoms with Crippen molar-refractivity contribution in [2.24, 2.45) is 0 Å². The Bertz CT molecular complexity index is 560. The van der Waals surface area contributed by atoms with E-state index in [0.717, 1.165) is 11.8 Å². The van der Waals surface area contributed by atoms with Gasteiger partial charge in [-0.15, -0.1) is 0 Å². The van der Waals surface area contributed by atoms with Gasteiger partial charge in [0.25, 0.3) is 0 Å². The first kappa shape index (κ1) is 16.3. The molecule has 0 aliphatic heterocycles. The van der Waals surface area contributed by atoms with Crippen LogP contribution >= 0.6 is 23.4 Å². The summed E-state index contributed by atoms with van der Waals surface area (Å²) in [5.74, 6) is -0.409. The van der Waals surface area contributed by atoms with Gasteiger partial charge in [-0.1, -0.05) is 11.6 Å². The SMILES string of the molecule is CSCCCNS(=O)(=O)c1ccc(Cl)c(C(=O)O)c1. The molecule has 0 aliphatic rings. The zero-order valence-electron chi connectivity index (χ0n) is 10.2. The molecule has 8 heteroatoms. The Hall–Kier alpha value is -0.760. The second-order valence-electron chi connectivity index (χ2n) is 3.69. The van der Waals surface area contributed by atoms with Gasteiger partial charge in [0.15, 0.2) is 0 Å². The van der Waals surface area contributed by atoms with Gasteiger partial charge in [0.1, 0.15) is 0 Å². The number of nitrogens with one attached hydrogen (secondary N) is 1.